The van der Waals surface area contributed by atoms with Gasteiger partial charge in [-0.1, -0.05) is 0 Å². The normalized spacial score (nSPS) is 13.2. The lowest BCUT2D eigenvalue weighted by atomic mass is 10.0. The summed E-state index contributed by atoms with van der Waals surface area (Å²) in [5.41, 5.74) is -0.345. The minimum atomic E-state index is -4.22. The third-order valence-electron chi connectivity index (χ3n) is 2.45. The molecule has 1 aromatic carbocycles. The van der Waals surface area contributed by atoms with E-state index >= 15 is 0 Å². The first-order chi connectivity index (χ1) is 8.96. The van der Waals surface area contributed by atoms with Crippen LogP contribution in [0.4, 0.5) is 8.78 Å². The van der Waals surface area contributed by atoms with E-state index in [1.807, 2.05) is 0 Å². The molecule has 0 saturated heterocycles. The fourth-order valence-electron chi connectivity index (χ4n) is 1.53. The van der Waals surface area contributed by atoms with Gasteiger partial charge in [-0.3, -0.25) is 4.79 Å². The minimum absolute atomic E-state index is 0.0404. The van der Waals surface area contributed by atoms with Crippen LogP contribution in [0.5, 0.6) is 11.5 Å². The SMILES string of the molecule is CCOC(=O)C(F)(F)C(=O)c1ccc2c(c1)OCO2. The Bertz CT molecular complexity index is 527. The van der Waals surface area contributed by atoms with Crippen molar-refractivity contribution in [2.75, 3.05) is 13.4 Å². The number of carbonyl (C=O) groups is 2. The molecule has 1 heterocycles. The van der Waals surface area contributed by atoms with E-state index < -0.39 is 17.7 Å². The number of esters is 1. The first-order valence-electron chi connectivity index (χ1n) is 5.46. The Morgan fingerprint density at radius 2 is 2.00 bits per heavy atom. The van der Waals surface area contributed by atoms with E-state index in [-0.39, 0.29) is 24.7 Å². The van der Waals surface area contributed by atoms with Crippen LogP contribution < -0.4 is 9.47 Å². The third kappa shape index (κ3) is 2.35. The number of rotatable bonds is 4. The largest absolute Gasteiger partial charge is 0.461 e. The number of ketones is 1. The second kappa shape index (κ2) is 4.83. The predicted octanol–water partition coefficient (Wildman–Crippen LogP) is 1.80. The number of alkyl halides is 2. The molecule has 0 amide bonds. The van der Waals surface area contributed by atoms with Crippen LogP contribution in [0.3, 0.4) is 0 Å². The highest BCUT2D eigenvalue weighted by molar-refractivity contribution is 6.14. The highest BCUT2D eigenvalue weighted by atomic mass is 19.3. The number of halogens is 2. The van der Waals surface area contributed by atoms with Crippen LogP contribution in [0.1, 0.15) is 17.3 Å². The van der Waals surface area contributed by atoms with Gasteiger partial charge in [-0.05, 0) is 25.1 Å². The third-order valence-corrected chi connectivity index (χ3v) is 2.45. The molecule has 0 spiro atoms. The fraction of sp³-hybridized carbons (Fsp3) is 0.333. The van der Waals surface area contributed by atoms with E-state index in [2.05, 4.69) is 4.74 Å². The van der Waals surface area contributed by atoms with Gasteiger partial charge >= 0.3 is 11.9 Å². The molecule has 0 radical (unpaired) electrons. The zero-order chi connectivity index (χ0) is 14.0. The van der Waals surface area contributed by atoms with Crippen LogP contribution in [0.25, 0.3) is 0 Å². The molecule has 0 aromatic heterocycles. The molecule has 0 saturated carbocycles. The molecule has 19 heavy (non-hydrogen) atoms. The summed E-state index contributed by atoms with van der Waals surface area (Å²) < 4.78 is 41.2. The van der Waals surface area contributed by atoms with Gasteiger partial charge in [0.2, 0.25) is 12.6 Å². The molecule has 0 N–H and O–H groups in total. The van der Waals surface area contributed by atoms with E-state index in [0.29, 0.717) is 5.75 Å². The van der Waals surface area contributed by atoms with Crippen LogP contribution in [0.2, 0.25) is 0 Å². The molecular formula is C12H10F2O5. The summed E-state index contributed by atoms with van der Waals surface area (Å²) in [4.78, 5) is 22.7. The number of fused-ring (bicyclic) bond motifs is 1. The van der Waals surface area contributed by atoms with Crippen molar-refractivity contribution in [1.29, 1.82) is 0 Å². The van der Waals surface area contributed by atoms with Crippen molar-refractivity contribution in [3.8, 4) is 11.5 Å². The zero-order valence-corrected chi connectivity index (χ0v) is 9.94. The van der Waals surface area contributed by atoms with Crippen molar-refractivity contribution in [2.24, 2.45) is 0 Å². The number of Topliss-reactive ketones (excluding diaryl/α,β-unsaturated/α-hetero) is 1. The molecule has 0 unspecified atom stereocenters. The zero-order valence-electron chi connectivity index (χ0n) is 9.94. The Kier molecular flexibility index (Phi) is 3.37. The lowest BCUT2D eigenvalue weighted by Crippen LogP contribution is -2.39. The first-order valence-corrected chi connectivity index (χ1v) is 5.46. The van der Waals surface area contributed by atoms with Gasteiger partial charge in [-0.25, -0.2) is 4.79 Å². The molecule has 0 aliphatic carbocycles. The number of ether oxygens (including phenoxy) is 3. The van der Waals surface area contributed by atoms with Gasteiger partial charge in [0, 0.05) is 5.56 Å². The maximum absolute atomic E-state index is 13.5. The number of benzene rings is 1. The van der Waals surface area contributed by atoms with Gasteiger partial charge in [0.25, 0.3) is 0 Å². The number of hydrogen-bond acceptors (Lipinski definition) is 5. The molecule has 2 rings (SSSR count). The number of carbonyl (C=O) groups excluding carboxylic acids is 2. The highest BCUT2D eigenvalue weighted by Gasteiger charge is 2.49. The average molecular weight is 272 g/mol. The Morgan fingerprint density at radius 1 is 1.32 bits per heavy atom. The van der Waals surface area contributed by atoms with E-state index in [4.69, 9.17) is 9.47 Å². The lowest BCUT2D eigenvalue weighted by Gasteiger charge is -2.13. The predicted molar refractivity (Wildman–Crippen MR) is 58.5 cm³/mol. The van der Waals surface area contributed by atoms with E-state index in [1.165, 1.54) is 13.0 Å². The topological polar surface area (TPSA) is 61.8 Å². The molecular weight excluding hydrogens is 262 g/mol. The summed E-state index contributed by atoms with van der Waals surface area (Å²) in [7, 11) is 0. The molecule has 1 aliphatic heterocycles. The van der Waals surface area contributed by atoms with Crippen LogP contribution in [-0.2, 0) is 9.53 Å². The standard InChI is InChI=1S/C12H10F2O5/c1-2-17-11(16)12(13,14)10(15)7-3-4-8-9(5-7)19-6-18-8/h3-5H,2,6H2,1H3. The van der Waals surface area contributed by atoms with Crippen molar-refractivity contribution in [1.82, 2.24) is 0 Å². The highest BCUT2D eigenvalue weighted by Crippen LogP contribution is 2.34. The minimum Gasteiger partial charge on any atom is -0.461 e. The lowest BCUT2D eigenvalue weighted by molar-refractivity contribution is -0.164. The van der Waals surface area contributed by atoms with Gasteiger partial charge in [0.15, 0.2) is 11.5 Å². The molecule has 7 heteroatoms. The van der Waals surface area contributed by atoms with Crippen molar-refractivity contribution >= 4 is 11.8 Å². The Balaban J connectivity index is 2.26. The smallest absolute Gasteiger partial charge is 0.404 e. The number of hydrogen-bond donors (Lipinski definition) is 0. The van der Waals surface area contributed by atoms with E-state index in [0.717, 1.165) is 12.1 Å². The first kappa shape index (κ1) is 13.3. The van der Waals surface area contributed by atoms with Crippen LogP contribution >= 0.6 is 0 Å². The van der Waals surface area contributed by atoms with Gasteiger partial charge in [-0.2, -0.15) is 8.78 Å². The monoisotopic (exact) mass is 272 g/mol. The maximum atomic E-state index is 13.5. The second-order valence-electron chi connectivity index (χ2n) is 3.69. The summed E-state index contributed by atoms with van der Waals surface area (Å²) in [6.07, 6.45) is 0. The molecule has 5 nitrogen and oxygen atoms in total. The van der Waals surface area contributed by atoms with Crippen molar-refractivity contribution in [3.63, 3.8) is 0 Å². The van der Waals surface area contributed by atoms with E-state index in [9.17, 15) is 18.4 Å². The maximum Gasteiger partial charge on any atom is 0.404 e. The molecule has 102 valence electrons. The Hall–Kier alpha value is -2.18. The van der Waals surface area contributed by atoms with E-state index in [1.54, 1.807) is 0 Å². The summed E-state index contributed by atoms with van der Waals surface area (Å²) in [6.45, 7) is 1.10. The molecule has 0 atom stereocenters. The van der Waals surface area contributed by atoms with Gasteiger partial charge in [-0.15, -0.1) is 0 Å². The van der Waals surface area contributed by atoms with Gasteiger partial charge < -0.3 is 14.2 Å². The second-order valence-corrected chi connectivity index (χ2v) is 3.69. The van der Waals surface area contributed by atoms with Gasteiger partial charge in [0.1, 0.15) is 0 Å². The summed E-state index contributed by atoms with van der Waals surface area (Å²) in [5, 5.41) is 0. The van der Waals surface area contributed by atoms with Crippen LogP contribution in [-0.4, -0.2) is 31.1 Å². The Labute approximate surface area is 107 Å². The van der Waals surface area contributed by atoms with Gasteiger partial charge in [0.05, 0.1) is 6.61 Å². The summed E-state index contributed by atoms with van der Waals surface area (Å²) in [5.74, 6) is -7.17. The summed E-state index contributed by atoms with van der Waals surface area (Å²) >= 11 is 0. The molecule has 0 bridgehead atoms. The van der Waals surface area contributed by atoms with Crippen molar-refractivity contribution < 1.29 is 32.6 Å². The fourth-order valence-corrected chi connectivity index (χ4v) is 1.53. The summed E-state index contributed by atoms with van der Waals surface area (Å²) in [6, 6.07) is 3.58. The Morgan fingerprint density at radius 3 is 2.68 bits per heavy atom. The van der Waals surface area contributed by atoms with Crippen LogP contribution in [0, 0.1) is 0 Å². The average Bonchev–Trinajstić information content (AvgIpc) is 2.85. The quantitative estimate of drug-likeness (QED) is 0.475. The van der Waals surface area contributed by atoms with Crippen LogP contribution in [0.15, 0.2) is 18.2 Å². The molecule has 1 aromatic rings. The molecule has 0 fully saturated rings. The van der Waals surface area contributed by atoms with Crippen molar-refractivity contribution in [3.05, 3.63) is 23.8 Å². The van der Waals surface area contributed by atoms with Crippen molar-refractivity contribution in [2.45, 2.75) is 12.8 Å². The molecule has 1 aliphatic rings.